The van der Waals surface area contributed by atoms with Gasteiger partial charge in [-0.15, -0.1) is 0 Å². The van der Waals surface area contributed by atoms with E-state index < -0.39 is 18.1 Å². The number of imide groups is 1. The van der Waals surface area contributed by atoms with Gasteiger partial charge in [0.2, 0.25) is 5.91 Å². The lowest BCUT2D eigenvalue weighted by Crippen LogP contribution is -2.45. The van der Waals surface area contributed by atoms with Crippen LogP contribution in [-0.2, 0) is 16.0 Å². The van der Waals surface area contributed by atoms with Crippen LogP contribution in [0.25, 0.3) is 0 Å². The quantitative estimate of drug-likeness (QED) is 0.788. The molecule has 1 aliphatic heterocycles. The van der Waals surface area contributed by atoms with Crippen LogP contribution in [0.5, 0.6) is 0 Å². The lowest BCUT2D eigenvalue weighted by Gasteiger charge is -2.29. The summed E-state index contributed by atoms with van der Waals surface area (Å²) >= 11 is 0. The van der Waals surface area contributed by atoms with Crippen molar-refractivity contribution in [2.75, 3.05) is 6.61 Å². The Morgan fingerprint density at radius 1 is 1.11 bits per heavy atom. The van der Waals surface area contributed by atoms with E-state index in [4.69, 9.17) is 4.74 Å². The number of hydrogen-bond donors (Lipinski definition) is 1. The predicted octanol–water partition coefficient (Wildman–Crippen LogP) is 3.97. The number of cyclic esters (lactones) is 1. The zero-order valence-corrected chi connectivity index (χ0v) is 16.3. The molecule has 5 nitrogen and oxygen atoms in total. The summed E-state index contributed by atoms with van der Waals surface area (Å²) in [5.41, 5.74) is 1.71. The number of nitrogens with zero attached hydrogens (tertiary/aromatic N) is 1. The van der Waals surface area contributed by atoms with Gasteiger partial charge in [0.15, 0.2) is 0 Å². The summed E-state index contributed by atoms with van der Waals surface area (Å²) in [7, 11) is 0. The van der Waals surface area contributed by atoms with Gasteiger partial charge in [-0.2, -0.15) is 0 Å². The summed E-state index contributed by atoms with van der Waals surface area (Å²) in [6, 6.07) is 18.5. The lowest BCUT2D eigenvalue weighted by atomic mass is 9.87. The molecular formula is C23H27NO4. The van der Waals surface area contributed by atoms with Crippen LogP contribution in [0.15, 0.2) is 60.7 Å². The first-order valence-electron chi connectivity index (χ1n) is 9.74. The van der Waals surface area contributed by atoms with E-state index in [1.807, 2.05) is 62.4 Å². The van der Waals surface area contributed by atoms with Gasteiger partial charge < -0.3 is 9.84 Å². The van der Waals surface area contributed by atoms with E-state index in [1.165, 1.54) is 4.90 Å². The van der Waals surface area contributed by atoms with Gasteiger partial charge in [0.1, 0.15) is 6.61 Å². The lowest BCUT2D eigenvalue weighted by molar-refractivity contribution is -0.138. The summed E-state index contributed by atoms with van der Waals surface area (Å²) in [4.78, 5) is 27.0. The van der Waals surface area contributed by atoms with Gasteiger partial charge in [-0.05, 0) is 29.9 Å². The fourth-order valence-corrected chi connectivity index (χ4v) is 3.70. The first-order valence-corrected chi connectivity index (χ1v) is 9.74. The zero-order valence-electron chi connectivity index (χ0n) is 16.3. The Kier molecular flexibility index (Phi) is 6.47. The highest BCUT2D eigenvalue weighted by Gasteiger charge is 2.43. The normalized spacial score (nSPS) is 18.8. The molecule has 1 aliphatic rings. The molecule has 3 rings (SSSR count). The molecule has 0 aromatic heterocycles. The summed E-state index contributed by atoms with van der Waals surface area (Å²) in [5, 5.41) is 10.9. The molecule has 0 unspecified atom stereocenters. The minimum atomic E-state index is -0.970. The van der Waals surface area contributed by atoms with Crippen molar-refractivity contribution >= 4 is 12.0 Å². The predicted molar refractivity (Wildman–Crippen MR) is 106 cm³/mol. The number of aliphatic hydroxyl groups is 1. The van der Waals surface area contributed by atoms with Crippen molar-refractivity contribution in [2.45, 2.75) is 38.8 Å². The van der Waals surface area contributed by atoms with Crippen LogP contribution in [0, 0.1) is 11.8 Å². The molecule has 2 amide bonds. The fraction of sp³-hybridized carbons (Fsp3) is 0.391. The Bertz CT molecular complexity index is 791. The number of aliphatic hydroxyl groups excluding tert-OH is 1. The average molecular weight is 381 g/mol. The number of rotatable bonds is 7. The van der Waals surface area contributed by atoms with E-state index in [9.17, 15) is 14.7 Å². The molecular weight excluding hydrogens is 354 g/mol. The molecule has 148 valence electrons. The number of hydrogen-bond acceptors (Lipinski definition) is 4. The summed E-state index contributed by atoms with van der Waals surface area (Å²) in [6.45, 7) is 4.18. The molecule has 1 N–H and O–H groups in total. The van der Waals surface area contributed by atoms with Gasteiger partial charge in [-0.3, -0.25) is 4.79 Å². The summed E-state index contributed by atoms with van der Waals surface area (Å²) < 4.78 is 5.20. The number of carbonyl (C=O) groups excluding carboxylic acids is 2. The van der Waals surface area contributed by atoms with Crippen LogP contribution >= 0.6 is 0 Å². The average Bonchev–Trinajstić information content (AvgIpc) is 3.06. The van der Waals surface area contributed by atoms with Crippen LogP contribution < -0.4 is 0 Å². The molecule has 2 aromatic rings. The van der Waals surface area contributed by atoms with Crippen molar-refractivity contribution in [1.29, 1.82) is 0 Å². The molecule has 0 radical (unpaired) electrons. The molecule has 1 saturated heterocycles. The maximum absolute atomic E-state index is 13.4. The standard InChI is InChI=1S/C23H27NO4/c1-16(2)13-20(21(25)18-11-7-4-8-12-18)22(26)24-19(15-28-23(24)27)14-17-9-5-3-6-10-17/h3-12,16,19-21,25H,13-15H2,1-2H3/t19-,20+,21+/m0/s1. The molecule has 0 bridgehead atoms. The zero-order chi connectivity index (χ0) is 20.1. The summed E-state index contributed by atoms with van der Waals surface area (Å²) in [5.74, 6) is -0.877. The summed E-state index contributed by atoms with van der Waals surface area (Å²) in [6.07, 6.45) is -0.577. The third-order valence-corrected chi connectivity index (χ3v) is 5.08. The van der Waals surface area contributed by atoms with E-state index in [-0.39, 0.29) is 24.5 Å². The van der Waals surface area contributed by atoms with Crippen LogP contribution in [0.4, 0.5) is 4.79 Å². The van der Waals surface area contributed by atoms with Gasteiger partial charge >= 0.3 is 6.09 Å². The smallest absolute Gasteiger partial charge is 0.416 e. The third kappa shape index (κ3) is 4.60. The number of amides is 2. The van der Waals surface area contributed by atoms with Gasteiger partial charge in [0.25, 0.3) is 0 Å². The Balaban J connectivity index is 1.84. The Hall–Kier alpha value is -2.66. The topological polar surface area (TPSA) is 66.8 Å². The van der Waals surface area contributed by atoms with Crippen molar-refractivity contribution in [2.24, 2.45) is 11.8 Å². The molecule has 28 heavy (non-hydrogen) atoms. The van der Waals surface area contributed by atoms with Gasteiger partial charge in [0, 0.05) is 0 Å². The fourth-order valence-electron chi connectivity index (χ4n) is 3.70. The maximum Gasteiger partial charge on any atom is 0.416 e. The van der Waals surface area contributed by atoms with E-state index in [1.54, 1.807) is 12.1 Å². The second-order valence-electron chi connectivity index (χ2n) is 7.72. The van der Waals surface area contributed by atoms with Crippen LogP contribution in [-0.4, -0.2) is 34.7 Å². The molecule has 2 aromatic carbocycles. The maximum atomic E-state index is 13.4. The van der Waals surface area contributed by atoms with E-state index in [0.717, 1.165) is 5.56 Å². The highest BCUT2D eigenvalue weighted by Crippen LogP contribution is 2.31. The van der Waals surface area contributed by atoms with Crippen LogP contribution in [0.1, 0.15) is 37.5 Å². The third-order valence-electron chi connectivity index (χ3n) is 5.08. The SMILES string of the molecule is CC(C)C[C@@H](C(=O)N1C(=O)OC[C@@H]1Cc1ccccc1)[C@H](O)c1ccccc1. The Morgan fingerprint density at radius 3 is 2.32 bits per heavy atom. The van der Waals surface area contributed by atoms with Crippen molar-refractivity contribution < 1.29 is 19.4 Å². The van der Waals surface area contributed by atoms with Crippen LogP contribution in [0.3, 0.4) is 0 Å². The van der Waals surface area contributed by atoms with E-state index in [2.05, 4.69) is 0 Å². The van der Waals surface area contributed by atoms with Crippen molar-refractivity contribution in [3.8, 4) is 0 Å². The second-order valence-corrected chi connectivity index (χ2v) is 7.72. The van der Waals surface area contributed by atoms with E-state index >= 15 is 0 Å². The van der Waals surface area contributed by atoms with E-state index in [0.29, 0.717) is 18.4 Å². The Morgan fingerprint density at radius 2 is 1.71 bits per heavy atom. The molecule has 3 atom stereocenters. The number of ether oxygens (including phenoxy) is 1. The van der Waals surface area contributed by atoms with Gasteiger partial charge in [-0.25, -0.2) is 9.69 Å². The number of benzene rings is 2. The van der Waals surface area contributed by atoms with Crippen molar-refractivity contribution in [1.82, 2.24) is 4.90 Å². The highest BCUT2D eigenvalue weighted by molar-refractivity contribution is 5.95. The minimum Gasteiger partial charge on any atom is -0.447 e. The monoisotopic (exact) mass is 381 g/mol. The highest BCUT2D eigenvalue weighted by atomic mass is 16.6. The minimum absolute atomic E-state index is 0.176. The van der Waals surface area contributed by atoms with Gasteiger partial charge in [-0.1, -0.05) is 74.5 Å². The molecule has 0 spiro atoms. The van der Waals surface area contributed by atoms with Gasteiger partial charge in [0.05, 0.1) is 18.1 Å². The van der Waals surface area contributed by atoms with Crippen molar-refractivity contribution in [3.63, 3.8) is 0 Å². The largest absolute Gasteiger partial charge is 0.447 e. The molecule has 1 fully saturated rings. The first-order chi connectivity index (χ1) is 13.5. The molecule has 1 heterocycles. The Labute approximate surface area is 165 Å². The molecule has 0 aliphatic carbocycles. The molecule has 5 heteroatoms. The first kappa shape index (κ1) is 20.1. The molecule has 0 saturated carbocycles. The van der Waals surface area contributed by atoms with Crippen molar-refractivity contribution in [3.05, 3.63) is 71.8 Å². The number of carbonyl (C=O) groups is 2. The van der Waals surface area contributed by atoms with Crippen LogP contribution in [0.2, 0.25) is 0 Å². The second kappa shape index (κ2) is 9.02.